The van der Waals surface area contributed by atoms with Gasteiger partial charge in [-0.25, -0.2) is 0 Å². The largest absolute Gasteiger partial charge is 0.374 e. The van der Waals surface area contributed by atoms with Crippen LogP contribution in [0.2, 0.25) is 0 Å². The van der Waals surface area contributed by atoms with Crippen molar-refractivity contribution in [1.82, 2.24) is 41.7 Å². The Bertz CT molecular complexity index is 2540. The number of hydrogen-bond acceptors (Lipinski definition) is 12. The first kappa shape index (κ1) is 56.7. The molecule has 4 aliphatic heterocycles. The quantitative estimate of drug-likeness (QED) is 0.0609. The number of rotatable bonds is 20. The molecule has 10 atom stereocenters. The number of thioether (sulfide) groups is 2. The van der Waals surface area contributed by atoms with Crippen molar-refractivity contribution in [2.24, 2.45) is 10.8 Å². The molecule has 4 saturated heterocycles. The summed E-state index contributed by atoms with van der Waals surface area (Å²) in [5, 5.41) is 20.0. The van der Waals surface area contributed by atoms with Crippen LogP contribution in [0.5, 0.6) is 0 Å². The van der Waals surface area contributed by atoms with Gasteiger partial charge in [0.2, 0.25) is 35.4 Å². The van der Waals surface area contributed by atoms with Gasteiger partial charge in [-0.15, -0.1) is 23.5 Å². The van der Waals surface area contributed by atoms with Crippen LogP contribution in [-0.4, -0.2) is 131 Å². The van der Waals surface area contributed by atoms with E-state index >= 15 is 0 Å². The van der Waals surface area contributed by atoms with Crippen molar-refractivity contribution in [2.75, 3.05) is 38.8 Å². The number of fused-ring (bicyclic) bond motifs is 3. The molecule has 4 aromatic carbocycles. The molecule has 0 aromatic heterocycles. The summed E-state index contributed by atoms with van der Waals surface area (Å²) in [5.41, 5.74) is 2.60. The number of amides is 6. The second-order valence-electron chi connectivity index (χ2n) is 22.0. The fraction of sp³-hybridized carbons (Fsp3) is 0.517. The molecular formula is C58H76N8O8S2. The molecule has 76 heavy (non-hydrogen) atoms. The first-order chi connectivity index (χ1) is 36.4. The maximum Gasteiger partial charge on any atom is 0.246 e. The van der Waals surface area contributed by atoms with Crippen LogP contribution in [0.3, 0.4) is 0 Å². The van der Waals surface area contributed by atoms with E-state index in [9.17, 15) is 28.8 Å². The van der Waals surface area contributed by atoms with Gasteiger partial charge in [-0.1, -0.05) is 113 Å². The molecule has 4 aromatic rings. The zero-order valence-electron chi connectivity index (χ0n) is 45.1. The van der Waals surface area contributed by atoms with E-state index in [-0.39, 0.29) is 72.6 Å². The van der Waals surface area contributed by atoms with Gasteiger partial charge in [-0.3, -0.25) is 28.8 Å². The van der Waals surface area contributed by atoms with Crippen molar-refractivity contribution in [3.63, 3.8) is 0 Å². The van der Waals surface area contributed by atoms with Crippen LogP contribution in [-0.2, 0) is 51.5 Å². The molecule has 4 heterocycles. The predicted octanol–water partition coefficient (Wildman–Crippen LogP) is 5.95. The molecule has 0 aliphatic carbocycles. The Morgan fingerprint density at radius 2 is 0.987 bits per heavy atom. The lowest BCUT2D eigenvalue weighted by molar-refractivity contribution is -0.144. The molecule has 6 amide bonds. The van der Waals surface area contributed by atoms with Crippen molar-refractivity contribution in [2.45, 2.75) is 140 Å². The van der Waals surface area contributed by atoms with E-state index in [0.717, 1.165) is 33.0 Å². The third-order valence-electron chi connectivity index (χ3n) is 15.5. The average molecular weight is 1080 g/mol. The summed E-state index contributed by atoms with van der Waals surface area (Å²) in [6.07, 6.45) is 2.27. The number of likely N-dealkylation sites (N-methyl/N-ethyl adjacent to an activating group) is 2. The summed E-state index contributed by atoms with van der Waals surface area (Å²) < 4.78 is 12.8. The number of nitrogens with one attached hydrogen (secondary N) is 6. The molecule has 0 spiro atoms. The van der Waals surface area contributed by atoms with Gasteiger partial charge in [0.1, 0.15) is 24.2 Å². The minimum atomic E-state index is -0.754. The first-order valence-electron chi connectivity index (χ1n) is 26.6. The standard InChI is InChI=1S/C58H76N8O8S2/c1-35(59-7)51(67)61-43-23-25-75-47-29-57(3,4)49(65(47)55(43)71)53(69)63-45(40-15-11-9-12-16-40)33-73-31-37-19-21-39-22-20-38(28-42(39)27-37)32-74-34-46(41-17-13-10-14-18-41)64-54(70)50-58(5,6)30-48-66(50)56(72)44(24-26-76-48)62-52(68)36(2)60-8/h9-22,27-28,35-36,43-50,59-60H,23-26,29-34H2,1-8H3,(H,61,67)(H,62,68)(H,63,69)(H,64,70)/t35?,36?,43-,44-,45?,46?,47-,48-,49+,50+/m0/s1. The Morgan fingerprint density at radius 1 is 0.592 bits per heavy atom. The second kappa shape index (κ2) is 24.9. The summed E-state index contributed by atoms with van der Waals surface area (Å²) in [6.45, 7) is 12.5. The summed E-state index contributed by atoms with van der Waals surface area (Å²) in [4.78, 5) is 86.8. The van der Waals surface area contributed by atoms with E-state index < -0.39 is 59.2 Å². The fourth-order valence-corrected chi connectivity index (χ4v) is 14.1. The molecule has 408 valence electrons. The second-order valence-corrected chi connectivity index (χ2v) is 24.6. The number of carbonyl (C=O) groups is 6. The van der Waals surface area contributed by atoms with Crippen LogP contribution < -0.4 is 31.9 Å². The summed E-state index contributed by atoms with van der Waals surface area (Å²) in [6, 6.07) is 26.9. The van der Waals surface area contributed by atoms with Crippen molar-refractivity contribution in [1.29, 1.82) is 0 Å². The molecule has 4 unspecified atom stereocenters. The van der Waals surface area contributed by atoms with Gasteiger partial charge in [-0.05, 0) is 121 Å². The topological polar surface area (TPSA) is 200 Å². The lowest BCUT2D eigenvalue weighted by atomic mass is 9.83. The van der Waals surface area contributed by atoms with Crippen LogP contribution in [0.1, 0.15) is 102 Å². The highest BCUT2D eigenvalue weighted by molar-refractivity contribution is 8.00. The monoisotopic (exact) mass is 1080 g/mol. The fourth-order valence-electron chi connectivity index (χ4n) is 11.0. The Hall–Kier alpha value is -5.50. The minimum absolute atomic E-state index is 0.182. The maximum absolute atomic E-state index is 14.6. The molecule has 0 radical (unpaired) electrons. The number of nitrogens with zero attached hydrogens (tertiary/aromatic N) is 2. The van der Waals surface area contributed by atoms with Crippen molar-refractivity contribution < 1.29 is 38.2 Å². The van der Waals surface area contributed by atoms with Gasteiger partial charge in [0.25, 0.3) is 0 Å². The van der Waals surface area contributed by atoms with Crippen LogP contribution in [0.25, 0.3) is 10.8 Å². The lowest BCUT2D eigenvalue weighted by Crippen LogP contribution is -2.58. The number of benzene rings is 4. The molecule has 0 bridgehead atoms. The van der Waals surface area contributed by atoms with Crippen molar-refractivity contribution in [3.05, 3.63) is 119 Å². The van der Waals surface area contributed by atoms with Crippen LogP contribution in [0.4, 0.5) is 0 Å². The molecule has 16 nitrogen and oxygen atoms in total. The smallest absolute Gasteiger partial charge is 0.246 e. The number of ether oxygens (including phenoxy) is 2. The third-order valence-corrected chi connectivity index (χ3v) is 18.0. The molecule has 18 heteroatoms. The Balaban J connectivity index is 0.912. The zero-order valence-corrected chi connectivity index (χ0v) is 46.7. The van der Waals surface area contributed by atoms with Gasteiger partial charge < -0.3 is 51.2 Å². The summed E-state index contributed by atoms with van der Waals surface area (Å²) in [5.74, 6) is -0.129. The average Bonchev–Trinajstić information content (AvgIpc) is 3.74. The first-order valence-corrected chi connectivity index (χ1v) is 28.7. The van der Waals surface area contributed by atoms with Gasteiger partial charge in [0.15, 0.2) is 0 Å². The van der Waals surface area contributed by atoms with E-state index in [2.05, 4.69) is 56.2 Å². The van der Waals surface area contributed by atoms with Gasteiger partial charge >= 0.3 is 0 Å². The third kappa shape index (κ3) is 13.1. The zero-order chi connectivity index (χ0) is 54.3. The van der Waals surface area contributed by atoms with E-state index in [1.807, 2.05) is 100 Å². The van der Waals surface area contributed by atoms with E-state index in [1.165, 1.54) is 0 Å². The van der Waals surface area contributed by atoms with Gasteiger partial charge in [0.05, 0.1) is 61.3 Å². The van der Waals surface area contributed by atoms with Crippen molar-refractivity contribution in [3.8, 4) is 0 Å². The molecule has 6 N–H and O–H groups in total. The SMILES string of the molecule is CNC(C)C(=O)N[C@H]1CCS[C@H]2CC(C)(C)[C@@H](C(=O)NC(COCc3ccc4ccc(COCC(NC(=O)[C@H]5N6C(=O)[C@@H](NC(=O)C(C)NC)CCS[C@H]6CC5(C)C)c5ccccc5)cc4c3)c3ccccc3)N2C1=O. The molecule has 4 aliphatic rings. The summed E-state index contributed by atoms with van der Waals surface area (Å²) >= 11 is 3.32. The van der Waals surface area contributed by atoms with Crippen LogP contribution in [0, 0.1) is 10.8 Å². The lowest BCUT2D eigenvalue weighted by Gasteiger charge is -2.35. The minimum Gasteiger partial charge on any atom is -0.374 e. The molecule has 4 fully saturated rings. The summed E-state index contributed by atoms with van der Waals surface area (Å²) in [7, 11) is 3.40. The van der Waals surface area contributed by atoms with Gasteiger partial charge in [-0.2, -0.15) is 0 Å². The molecular weight excluding hydrogens is 1000 g/mol. The van der Waals surface area contributed by atoms with Crippen molar-refractivity contribution >= 4 is 69.7 Å². The van der Waals surface area contributed by atoms with E-state index in [0.29, 0.717) is 37.2 Å². The maximum atomic E-state index is 14.6. The molecule has 0 saturated carbocycles. The van der Waals surface area contributed by atoms with E-state index in [4.69, 9.17) is 9.47 Å². The highest BCUT2D eigenvalue weighted by Gasteiger charge is 2.56. The number of carbonyl (C=O) groups excluding carboxylic acids is 6. The Kier molecular flexibility index (Phi) is 18.6. The number of hydrogen-bond donors (Lipinski definition) is 6. The normalized spacial score (nSPS) is 24.5. The highest BCUT2D eigenvalue weighted by atomic mass is 32.2. The van der Waals surface area contributed by atoms with E-state index in [1.54, 1.807) is 61.3 Å². The van der Waals surface area contributed by atoms with Crippen LogP contribution >= 0.6 is 23.5 Å². The molecule has 8 rings (SSSR count). The predicted molar refractivity (Wildman–Crippen MR) is 299 cm³/mol. The Morgan fingerprint density at radius 3 is 1.37 bits per heavy atom. The Labute approximate surface area is 456 Å². The van der Waals surface area contributed by atoms with Crippen LogP contribution in [0.15, 0.2) is 97.1 Å². The van der Waals surface area contributed by atoms with Gasteiger partial charge in [0, 0.05) is 0 Å². The highest BCUT2D eigenvalue weighted by Crippen LogP contribution is 2.48.